The maximum atomic E-state index is 5.20. The van der Waals surface area contributed by atoms with Crippen LogP contribution in [0.25, 0.3) is 101 Å². The topological polar surface area (TPSA) is 30.2 Å². The van der Waals surface area contributed by atoms with Crippen LogP contribution in [0.1, 0.15) is 0 Å². The largest absolute Gasteiger partial charge is 0.291 e. The third-order valence-electron chi connectivity index (χ3n) is 9.10. The first-order chi connectivity index (χ1) is 21.3. The molecule has 0 amide bonds. The molecule has 11 aromatic rings. The van der Waals surface area contributed by atoms with Crippen LogP contribution >= 0.6 is 22.7 Å². The molecule has 0 atom stereocenters. The number of rotatable bonds is 1. The number of benzene rings is 6. The lowest BCUT2D eigenvalue weighted by Gasteiger charge is -2.05. The molecule has 5 heterocycles. The van der Waals surface area contributed by atoms with Crippen molar-refractivity contribution in [3.63, 3.8) is 0 Å². The first-order valence-corrected chi connectivity index (χ1v) is 16.1. The van der Waals surface area contributed by atoms with Crippen molar-refractivity contribution in [2.24, 2.45) is 0 Å². The molecule has 0 N–H and O–H groups in total. The van der Waals surface area contributed by atoms with Gasteiger partial charge < -0.3 is 0 Å². The minimum atomic E-state index is 0.921. The van der Waals surface area contributed by atoms with E-state index in [-0.39, 0.29) is 0 Å². The lowest BCUT2D eigenvalue weighted by atomic mass is 9.99. The standard InChI is InChI=1S/C38H19N3S2/c1-5-11-31-22(7-1)24-17-21(14-16-33(24)42-31)20-13-15-30-26(18-20)34-36-27(19-25-23-8-2-6-12-32(23)43-37(25)34)35-38(41(30)36)40-29-10-4-3-9-28(29)39-35/h1-19H. The van der Waals surface area contributed by atoms with E-state index in [1.54, 1.807) is 0 Å². The molecule has 5 heteroatoms. The fraction of sp³-hybridized carbons (Fsp3) is 0. The van der Waals surface area contributed by atoms with Gasteiger partial charge in [0.1, 0.15) is 5.52 Å². The molecule has 198 valence electrons. The molecular weight excluding hydrogens is 563 g/mol. The minimum absolute atomic E-state index is 0.921. The van der Waals surface area contributed by atoms with Gasteiger partial charge in [-0.05, 0) is 65.7 Å². The van der Waals surface area contributed by atoms with E-state index >= 15 is 0 Å². The van der Waals surface area contributed by atoms with Crippen LogP contribution < -0.4 is 0 Å². The molecule has 0 aliphatic rings. The van der Waals surface area contributed by atoms with E-state index in [0.717, 1.165) is 22.2 Å². The molecule has 0 saturated heterocycles. The van der Waals surface area contributed by atoms with Gasteiger partial charge in [-0.3, -0.25) is 4.40 Å². The highest BCUT2D eigenvalue weighted by Gasteiger charge is 2.24. The number of para-hydroxylation sites is 2. The lowest BCUT2D eigenvalue weighted by Crippen LogP contribution is -1.89. The average molecular weight is 582 g/mol. The van der Waals surface area contributed by atoms with E-state index in [0.29, 0.717) is 0 Å². The van der Waals surface area contributed by atoms with Crippen molar-refractivity contribution in [2.45, 2.75) is 0 Å². The highest BCUT2D eigenvalue weighted by molar-refractivity contribution is 7.27. The molecule has 0 fully saturated rings. The quantitative estimate of drug-likeness (QED) is 0.193. The van der Waals surface area contributed by atoms with Crippen molar-refractivity contribution in [1.29, 1.82) is 0 Å². The Bertz CT molecular complexity index is 2960. The van der Waals surface area contributed by atoms with E-state index in [9.17, 15) is 0 Å². The summed E-state index contributed by atoms with van der Waals surface area (Å²) in [7, 11) is 0. The molecule has 43 heavy (non-hydrogen) atoms. The summed E-state index contributed by atoms with van der Waals surface area (Å²) in [5.74, 6) is 0. The van der Waals surface area contributed by atoms with Crippen LogP contribution in [0.5, 0.6) is 0 Å². The van der Waals surface area contributed by atoms with E-state index in [1.165, 1.54) is 78.7 Å². The normalized spacial score (nSPS) is 12.7. The van der Waals surface area contributed by atoms with E-state index < -0.39 is 0 Å². The van der Waals surface area contributed by atoms with Crippen LogP contribution in [0.2, 0.25) is 0 Å². The third-order valence-corrected chi connectivity index (χ3v) is 11.5. The molecule has 0 aliphatic heterocycles. The van der Waals surface area contributed by atoms with E-state index in [1.807, 2.05) is 34.8 Å². The summed E-state index contributed by atoms with van der Waals surface area (Å²) in [6.07, 6.45) is 0. The number of fused-ring (bicyclic) bond motifs is 14. The molecule has 11 rings (SSSR count). The van der Waals surface area contributed by atoms with Gasteiger partial charge in [-0.25, -0.2) is 9.97 Å². The predicted molar refractivity (Wildman–Crippen MR) is 185 cm³/mol. The van der Waals surface area contributed by atoms with Gasteiger partial charge >= 0.3 is 0 Å². The molecule has 0 saturated carbocycles. The number of aromatic nitrogens is 3. The number of hydrogen-bond donors (Lipinski definition) is 0. The zero-order valence-electron chi connectivity index (χ0n) is 22.6. The highest BCUT2D eigenvalue weighted by atomic mass is 32.1. The summed E-state index contributed by atoms with van der Waals surface area (Å²) in [6, 6.07) is 41.9. The molecule has 0 unspecified atom stereocenters. The van der Waals surface area contributed by atoms with E-state index in [4.69, 9.17) is 9.97 Å². The number of nitrogens with zero attached hydrogens (tertiary/aromatic N) is 3. The van der Waals surface area contributed by atoms with Crippen molar-refractivity contribution < 1.29 is 0 Å². The van der Waals surface area contributed by atoms with Gasteiger partial charge in [-0.15, -0.1) is 22.7 Å². The molecule has 0 spiro atoms. The molecular formula is C38H19N3S2. The number of thiophene rings is 2. The van der Waals surface area contributed by atoms with Gasteiger partial charge in [0.2, 0.25) is 0 Å². The first kappa shape index (κ1) is 22.5. The minimum Gasteiger partial charge on any atom is -0.291 e. The molecule has 3 nitrogen and oxygen atoms in total. The Morgan fingerprint density at radius 3 is 1.98 bits per heavy atom. The molecule has 5 aromatic heterocycles. The summed E-state index contributed by atoms with van der Waals surface area (Å²) in [4.78, 5) is 10.4. The maximum absolute atomic E-state index is 5.20. The predicted octanol–water partition coefficient (Wildman–Crippen LogP) is 11.2. The Balaban J connectivity index is 1.30. The Kier molecular flexibility index (Phi) is 4.10. The summed E-state index contributed by atoms with van der Waals surface area (Å²) < 4.78 is 7.67. The van der Waals surface area contributed by atoms with Gasteiger partial charge in [-0.2, -0.15) is 0 Å². The zero-order chi connectivity index (χ0) is 27.8. The Labute approximate surface area is 252 Å². The van der Waals surface area contributed by atoms with Crippen LogP contribution in [0, 0.1) is 0 Å². The fourth-order valence-corrected chi connectivity index (χ4v) is 9.52. The van der Waals surface area contributed by atoms with Crippen LogP contribution in [0.4, 0.5) is 0 Å². The van der Waals surface area contributed by atoms with Crippen LogP contribution in [-0.4, -0.2) is 14.4 Å². The van der Waals surface area contributed by atoms with Gasteiger partial charge in [0.15, 0.2) is 5.65 Å². The van der Waals surface area contributed by atoms with Crippen molar-refractivity contribution in [1.82, 2.24) is 14.4 Å². The van der Waals surface area contributed by atoms with Gasteiger partial charge in [0, 0.05) is 56.5 Å². The Morgan fingerprint density at radius 1 is 0.488 bits per heavy atom. The zero-order valence-corrected chi connectivity index (χ0v) is 24.3. The Hall–Kier alpha value is -5.10. The fourth-order valence-electron chi connectivity index (χ4n) is 7.20. The van der Waals surface area contributed by atoms with Gasteiger partial charge in [0.05, 0.1) is 22.1 Å². The second kappa shape index (κ2) is 7.84. The van der Waals surface area contributed by atoms with Gasteiger partial charge in [0.25, 0.3) is 0 Å². The van der Waals surface area contributed by atoms with Crippen molar-refractivity contribution >= 4 is 112 Å². The monoisotopic (exact) mass is 581 g/mol. The second-order valence-corrected chi connectivity index (χ2v) is 13.5. The van der Waals surface area contributed by atoms with Crippen LogP contribution in [-0.2, 0) is 0 Å². The average Bonchev–Trinajstić information content (AvgIpc) is 3.79. The third kappa shape index (κ3) is 2.84. The Morgan fingerprint density at radius 2 is 1.14 bits per heavy atom. The summed E-state index contributed by atoms with van der Waals surface area (Å²) in [5, 5.41) is 8.99. The van der Waals surface area contributed by atoms with Crippen LogP contribution in [0.15, 0.2) is 115 Å². The SMILES string of the molecule is c1ccc2nc3c(nc2c1)c1cc2c4ccccc4sc2c2c4cc(-c5ccc6sc7ccccc7c6c5)ccc4n3c12. The smallest absolute Gasteiger partial charge is 0.165 e. The molecule has 0 aliphatic carbocycles. The molecule has 0 bridgehead atoms. The summed E-state index contributed by atoms with van der Waals surface area (Å²) >= 11 is 3.76. The van der Waals surface area contributed by atoms with Gasteiger partial charge in [-0.1, -0.05) is 60.7 Å². The van der Waals surface area contributed by atoms with Crippen molar-refractivity contribution in [3.8, 4) is 11.1 Å². The molecule has 0 radical (unpaired) electrons. The highest BCUT2D eigenvalue weighted by Crippen LogP contribution is 2.48. The van der Waals surface area contributed by atoms with Crippen molar-refractivity contribution in [2.75, 3.05) is 0 Å². The first-order valence-electron chi connectivity index (χ1n) is 14.4. The van der Waals surface area contributed by atoms with Crippen LogP contribution in [0.3, 0.4) is 0 Å². The molecule has 6 aromatic carbocycles. The lowest BCUT2D eigenvalue weighted by molar-refractivity contribution is 1.28. The summed E-state index contributed by atoms with van der Waals surface area (Å²) in [5.41, 5.74) is 8.61. The summed E-state index contributed by atoms with van der Waals surface area (Å²) in [6.45, 7) is 0. The van der Waals surface area contributed by atoms with Crippen molar-refractivity contribution in [3.05, 3.63) is 115 Å². The second-order valence-electron chi connectivity index (χ2n) is 11.4. The maximum Gasteiger partial charge on any atom is 0.165 e. The number of hydrogen-bond acceptors (Lipinski definition) is 4. The van der Waals surface area contributed by atoms with E-state index in [2.05, 4.69) is 108 Å².